The molecule has 15 heavy (non-hydrogen) atoms. The van der Waals surface area contributed by atoms with Gasteiger partial charge in [0, 0.05) is 24.3 Å². The summed E-state index contributed by atoms with van der Waals surface area (Å²) >= 11 is 5.05. The molecule has 1 rings (SSSR count). The van der Waals surface area contributed by atoms with Crippen molar-refractivity contribution in [3.8, 4) is 6.07 Å². The number of rotatable bonds is 5. The number of carbonyl (C=O) groups is 1. The zero-order chi connectivity index (χ0) is 11.1. The van der Waals surface area contributed by atoms with Crippen molar-refractivity contribution in [2.45, 2.75) is 19.3 Å². The minimum atomic E-state index is -0.0489. The number of thiophene rings is 1. The van der Waals surface area contributed by atoms with Crippen LogP contribution in [-0.4, -0.2) is 12.5 Å². The maximum Gasteiger partial charge on any atom is 0.221 e. The molecule has 0 fully saturated rings. The molecule has 0 saturated carbocycles. The summed E-state index contributed by atoms with van der Waals surface area (Å²) in [4.78, 5) is 12.4. The quantitative estimate of drug-likeness (QED) is 0.904. The number of amides is 1. The van der Waals surface area contributed by atoms with Gasteiger partial charge in [-0.3, -0.25) is 4.79 Å². The molecule has 0 bridgehead atoms. The number of hydrogen-bond donors (Lipinski definition) is 1. The largest absolute Gasteiger partial charge is 0.356 e. The van der Waals surface area contributed by atoms with E-state index in [-0.39, 0.29) is 12.3 Å². The Morgan fingerprint density at radius 2 is 2.40 bits per heavy atom. The Bertz CT molecular complexity index is 370. The zero-order valence-corrected chi connectivity index (χ0v) is 10.5. The number of nitrogens with one attached hydrogen (secondary N) is 1. The van der Waals surface area contributed by atoms with E-state index in [9.17, 15) is 4.79 Å². The van der Waals surface area contributed by atoms with Gasteiger partial charge in [-0.1, -0.05) is 0 Å². The molecule has 1 heterocycles. The van der Waals surface area contributed by atoms with Gasteiger partial charge >= 0.3 is 0 Å². The molecule has 0 aliphatic rings. The van der Waals surface area contributed by atoms with E-state index in [4.69, 9.17) is 5.26 Å². The second kappa shape index (κ2) is 6.59. The van der Waals surface area contributed by atoms with Gasteiger partial charge in [-0.05, 0) is 34.5 Å². The lowest BCUT2D eigenvalue weighted by molar-refractivity contribution is -0.120. The number of nitriles is 1. The van der Waals surface area contributed by atoms with Crippen molar-refractivity contribution >= 4 is 33.2 Å². The van der Waals surface area contributed by atoms with Crippen molar-refractivity contribution in [1.82, 2.24) is 5.32 Å². The van der Waals surface area contributed by atoms with Crippen molar-refractivity contribution in [3.63, 3.8) is 0 Å². The molecule has 0 atom stereocenters. The second-order valence-electron chi connectivity index (χ2n) is 2.96. The molecule has 3 nitrogen and oxygen atoms in total. The van der Waals surface area contributed by atoms with Crippen molar-refractivity contribution in [3.05, 3.63) is 20.8 Å². The van der Waals surface area contributed by atoms with Crippen LogP contribution >= 0.6 is 27.3 Å². The van der Waals surface area contributed by atoms with Crippen LogP contribution < -0.4 is 5.32 Å². The van der Waals surface area contributed by atoms with Crippen molar-refractivity contribution in [1.29, 1.82) is 5.26 Å². The van der Waals surface area contributed by atoms with Crippen LogP contribution in [-0.2, 0) is 11.2 Å². The minimum absolute atomic E-state index is 0.0489. The average Bonchev–Trinajstić information content (AvgIpc) is 2.61. The third-order valence-electron chi connectivity index (χ3n) is 1.79. The predicted molar refractivity (Wildman–Crippen MR) is 63.6 cm³/mol. The van der Waals surface area contributed by atoms with Crippen LogP contribution in [0.2, 0.25) is 0 Å². The Balaban J connectivity index is 2.16. The van der Waals surface area contributed by atoms with E-state index in [1.165, 1.54) is 4.88 Å². The molecular weight excluding hydrogens is 276 g/mol. The summed E-state index contributed by atoms with van der Waals surface area (Å²) in [6.45, 7) is 0.636. The molecule has 0 aromatic carbocycles. The Labute approximate surface area is 101 Å². The number of halogens is 1. The topological polar surface area (TPSA) is 52.9 Å². The third kappa shape index (κ3) is 4.96. The summed E-state index contributed by atoms with van der Waals surface area (Å²) < 4.78 is 1.10. The fourth-order valence-corrected chi connectivity index (χ4v) is 2.55. The van der Waals surface area contributed by atoms with Gasteiger partial charge in [0.1, 0.15) is 0 Å². The van der Waals surface area contributed by atoms with Crippen LogP contribution in [0.1, 0.15) is 17.7 Å². The molecule has 0 radical (unpaired) electrons. The van der Waals surface area contributed by atoms with Gasteiger partial charge in [0.05, 0.1) is 9.86 Å². The lowest BCUT2D eigenvalue weighted by atomic mass is 10.3. The zero-order valence-electron chi connectivity index (χ0n) is 8.12. The maximum absolute atomic E-state index is 11.1. The van der Waals surface area contributed by atoms with Crippen molar-refractivity contribution in [2.75, 3.05) is 6.54 Å². The van der Waals surface area contributed by atoms with Gasteiger partial charge in [0.15, 0.2) is 0 Å². The standard InChI is InChI=1S/C10H11BrN2OS/c11-9-4-3-8(15-9)5-7-13-10(14)2-1-6-12/h3-4H,1-2,5,7H2,(H,13,14). The van der Waals surface area contributed by atoms with E-state index in [2.05, 4.69) is 21.2 Å². The predicted octanol–water partition coefficient (Wildman–Crippen LogP) is 2.47. The summed E-state index contributed by atoms with van der Waals surface area (Å²) in [6, 6.07) is 5.98. The Hall–Kier alpha value is -0.860. The lowest BCUT2D eigenvalue weighted by Gasteiger charge is -2.01. The molecule has 1 aromatic rings. The molecule has 0 saturated heterocycles. The van der Waals surface area contributed by atoms with Gasteiger partial charge in [-0.15, -0.1) is 11.3 Å². The molecule has 1 N–H and O–H groups in total. The molecule has 0 spiro atoms. The summed E-state index contributed by atoms with van der Waals surface area (Å²) in [7, 11) is 0. The number of nitrogens with zero attached hydrogens (tertiary/aromatic N) is 1. The Morgan fingerprint density at radius 3 is 3.00 bits per heavy atom. The molecular formula is C10H11BrN2OS. The smallest absolute Gasteiger partial charge is 0.221 e. The van der Waals surface area contributed by atoms with Crippen LogP contribution in [0.3, 0.4) is 0 Å². The molecule has 0 unspecified atom stereocenters. The van der Waals surface area contributed by atoms with Crippen molar-refractivity contribution in [2.24, 2.45) is 0 Å². The van der Waals surface area contributed by atoms with E-state index in [1.807, 2.05) is 18.2 Å². The van der Waals surface area contributed by atoms with E-state index in [1.54, 1.807) is 11.3 Å². The van der Waals surface area contributed by atoms with Crippen molar-refractivity contribution < 1.29 is 4.79 Å². The highest BCUT2D eigenvalue weighted by Gasteiger charge is 2.01. The monoisotopic (exact) mass is 286 g/mol. The highest BCUT2D eigenvalue weighted by molar-refractivity contribution is 9.11. The molecule has 1 aromatic heterocycles. The minimum Gasteiger partial charge on any atom is -0.356 e. The highest BCUT2D eigenvalue weighted by atomic mass is 79.9. The Morgan fingerprint density at radius 1 is 1.60 bits per heavy atom. The maximum atomic E-state index is 11.1. The van der Waals surface area contributed by atoms with Crippen LogP contribution in [0, 0.1) is 11.3 Å². The molecule has 1 amide bonds. The number of carbonyl (C=O) groups excluding carboxylic acids is 1. The van der Waals surface area contributed by atoms with E-state index in [0.29, 0.717) is 13.0 Å². The van der Waals surface area contributed by atoms with Crippen LogP contribution in [0.5, 0.6) is 0 Å². The van der Waals surface area contributed by atoms with Gasteiger partial charge in [0.25, 0.3) is 0 Å². The van der Waals surface area contributed by atoms with Gasteiger partial charge in [0.2, 0.25) is 5.91 Å². The number of hydrogen-bond acceptors (Lipinski definition) is 3. The summed E-state index contributed by atoms with van der Waals surface area (Å²) in [5, 5.41) is 11.1. The van der Waals surface area contributed by atoms with Crippen LogP contribution in [0.25, 0.3) is 0 Å². The summed E-state index contributed by atoms with van der Waals surface area (Å²) in [5.41, 5.74) is 0. The fraction of sp³-hybridized carbons (Fsp3) is 0.400. The first-order valence-electron chi connectivity index (χ1n) is 4.60. The fourth-order valence-electron chi connectivity index (χ4n) is 1.07. The molecule has 80 valence electrons. The van der Waals surface area contributed by atoms with Crippen LogP contribution in [0.4, 0.5) is 0 Å². The van der Waals surface area contributed by atoms with Gasteiger partial charge < -0.3 is 5.32 Å². The molecule has 0 aliphatic carbocycles. The summed E-state index contributed by atoms with van der Waals surface area (Å²) in [6.07, 6.45) is 1.43. The molecule has 0 aliphatic heterocycles. The second-order valence-corrected chi connectivity index (χ2v) is 5.51. The first-order valence-corrected chi connectivity index (χ1v) is 6.21. The van der Waals surface area contributed by atoms with Crippen LogP contribution in [0.15, 0.2) is 15.9 Å². The Kier molecular flexibility index (Phi) is 5.37. The van der Waals surface area contributed by atoms with E-state index in [0.717, 1.165) is 10.2 Å². The summed E-state index contributed by atoms with van der Waals surface area (Å²) in [5.74, 6) is -0.0489. The third-order valence-corrected chi connectivity index (χ3v) is 3.47. The van der Waals surface area contributed by atoms with Gasteiger partial charge in [-0.2, -0.15) is 5.26 Å². The van der Waals surface area contributed by atoms with E-state index >= 15 is 0 Å². The lowest BCUT2D eigenvalue weighted by Crippen LogP contribution is -2.24. The van der Waals surface area contributed by atoms with E-state index < -0.39 is 0 Å². The van der Waals surface area contributed by atoms with Gasteiger partial charge in [-0.25, -0.2) is 0 Å². The SMILES string of the molecule is N#CCCC(=O)NCCc1ccc(Br)s1. The first-order chi connectivity index (χ1) is 7.22. The molecule has 5 heteroatoms. The average molecular weight is 287 g/mol. The highest BCUT2D eigenvalue weighted by Crippen LogP contribution is 2.21. The normalized spacial score (nSPS) is 9.60. The first kappa shape index (κ1) is 12.2.